The zero-order valence-corrected chi connectivity index (χ0v) is 10.3. The molecular formula is C13H17N5. The second-order valence-corrected chi connectivity index (χ2v) is 5.63. The van der Waals surface area contributed by atoms with Crippen LogP contribution in [0.3, 0.4) is 0 Å². The number of nitrogens with zero attached hydrogens (tertiary/aromatic N) is 3. The molecule has 0 radical (unpaired) electrons. The van der Waals surface area contributed by atoms with Crippen molar-refractivity contribution in [3.63, 3.8) is 0 Å². The molecule has 3 fully saturated rings. The number of rotatable bonds is 1. The molecule has 1 atom stereocenters. The van der Waals surface area contributed by atoms with E-state index in [0.29, 0.717) is 11.7 Å². The fraction of sp³-hybridized carbons (Fsp3) is 0.615. The van der Waals surface area contributed by atoms with Crippen LogP contribution in [0.1, 0.15) is 37.9 Å². The Labute approximate surface area is 106 Å². The van der Waals surface area contributed by atoms with Crippen molar-refractivity contribution in [3.05, 3.63) is 24.3 Å². The average Bonchev–Trinajstić information content (AvgIpc) is 2.85. The van der Waals surface area contributed by atoms with Crippen molar-refractivity contribution < 1.29 is 0 Å². The standard InChI is InChI=1S/C13H17N5/c1-6-14-11(15-7-1)12-16-13(18-17-12)8-9-2-4-10(13)5-3-9/h1,6-7,9-10,18H,2-5,8H2,(H,16,17)/t9?,10?,13-/m1/s1. The topological polar surface area (TPSA) is 62.2 Å². The summed E-state index contributed by atoms with van der Waals surface area (Å²) in [6.45, 7) is 0. The van der Waals surface area contributed by atoms with Gasteiger partial charge in [-0.3, -0.25) is 0 Å². The maximum atomic E-state index is 4.90. The molecule has 94 valence electrons. The van der Waals surface area contributed by atoms with Gasteiger partial charge in [-0.1, -0.05) is 0 Å². The molecule has 1 spiro atoms. The highest BCUT2D eigenvalue weighted by Crippen LogP contribution is 2.48. The van der Waals surface area contributed by atoms with E-state index in [1.165, 1.54) is 25.7 Å². The van der Waals surface area contributed by atoms with Crippen LogP contribution in [0, 0.1) is 11.8 Å². The number of hydrogen-bond acceptors (Lipinski definition) is 5. The summed E-state index contributed by atoms with van der Waals surface area (Å²) in [7, 11) is 0. The Balaban J connectivity index is 1.67. The fourth-order valence-electron chi connectivity index (χ4n) is 3.69. The van der Waals surface area contributed by atoms with E-state index in [4.69, 9.17) is 4.99 Å². The minimum Gasteiger partial charge on any atom is -0.301 e. The van der Waals surface area contributed by atoms with E-state index >= 15 is 0 Å². The van der Waals surface area contributed by atoms with E-state index in [2.05, 4.69) is 20.8 Å². The number of aliphatic imine (C=N–C) groups is 1. The maximum absolute atomic E-state index is 4.90. The number of amidine groups is 1. The van der Waals surface area contributed by atoms with Crippen molar-refractivity contribution >= 4 is 5.84 Å². The van der Waals surface area contributed by atoms with Crippen LogP contribution in [0.2, 0.25) is 0 Å². The highest BCUT2D eigenvalue weighted by atomic mass is 15.5. The highest BCUT2D eigenvalue weighted by molar-refractivity contribution is 5.96. The van der Waals surface area contributed by atoms with Crippen LogP contribution in [-0.4, -0.2) is 21.5 Å². The van der Waals surface area contributed by atoms with Crippen molar-refractivity contribution in [1.82, 2.24) is 20.8 Å². The lowest BCUT2D eigenvalue weighted by Crippen LogP contribution is -2.56. The first-order valence-corrected chi connectivity index (χ1v) is 6.76. The molecule has 2 N–H and O–H groups in total. The lowest BCUT2D eigenvalue weighted by atomic mass is 9.65. The van der Waals surface area contributed by atoms with Crippen LogP contribution in [0.25, 0.3) is 0 Å². The highest BCUT2D eigenvalue weighted by Gasteiger charge is 2.50. The Morgan fingerprint density at radius 2 is 1.89 bits per heavy atom. The van der Waals surface area contributed by atoms with E-state index in [-0.39, 0.29) is 5.66 Å². The SMILES string of the molecule is c1cnc(C2=N[C@]3(CC4CCC3CC4)NN2)nc1. The van der Waals surface area contributed by atoms with Crippen molar-refractivity contribution in [2.24, 2.45) is 16.8 Å². The lowest BCUT2D eigenvalue weighted by Gasteiger charge is -2.47. The Morgan fingerprint density at radius 3 is 2.56 bits per heavy atom. The third kappa shape index (κ3) is 1.47. The number of hydrazine groups is 1. The fourth-order valence-corrected chi connectivity index (χ4v) is 3.69. The third-order valence-corrected chi connectivity index (χ3v) is 4.61. The van der Waals surface area contributed by atoms with Gasteiger partial charge in [0.05, 0.1) is 0 Å². The quantitative estimate of drug-likeness (QED) is 0.779. The molecular weight excluding hydrogens is 226 g/mol. The molecule has 1 aromatic rings. The van der Waals surface area contributed by atoms with Crippen LogP contribution >= 0.6 is 0 Å². The van der Waals surface area contributed by atoms with Crippen molar-refractivity contribution in [2.45, 2.75) is 37.8 Å². The van der Waals surface area contributed by atoms with Crippen LogP contribution in [-0.2, 0) is 0 Å². The number of fused-ring (bicyclic) bond motifs is 2. The van der Waals surface area contributed by atoms with Crippen LogP contribution in [0.5, 0.6) is 0 Å². The Bertz CT molecular complexity index is 477. The molecule has 2 heterocycles. The first-order valence-electron chi connectivity index (χ1n) is 6.76. The summed E-state index contributed by atoms with van der Waals surface area (Å²) < 4.78 is 0. The monoisotopic (exact) mass is 243 g/mol. The largest absolute Gasteiger partial charge is 0.301 e. The number of hydrogen-bond donors (Lipinski definition) is 2. The van der Waals surface area contributed by atoms with Crippen molar-refractivity contribution in [3.8, 4) is 0 Å². The van der Waals surface area contributed by atoms with Gasteiger partial charge in [0, 0.05) is 12.4 Å². The molecule has 0 unspecified atom stereocenters. The first-order chi connectivity index (χ1) is 8.86. The summed E-state index contributed by atoms with van der Waals surface area (Å²) >= 11 is 0. The van der Waals surface area contributed by atoms with Gasteiger partial charge in [0.15, 0.2) is 11.7 Å². The van der Waals surface area contributed by atoms with Crippen LogP contribution in [0.4, 0.5) is 0 Å². The number of aromatic nitrogens is 2. The minimum absolute atomic E-state index is 0.0876. The van der Waals surface area contributed by atoms with Gasteiger partial charge in [-0.25, -0.2) is 20.4 Å². The van der Waals surface area contributed by atoms with Gasteiger partial charge >= 0.3 is 0 Å². The van der Waals surface area contributed by atoms with Gasteiger partial charge in [-0.05, 0) is 50.0 Å². The predicted octanol–water partition coefficient (Wildman–Crippen LogP) is 1.24. The molecule has 1 aliphatic heterocycles. The smallest absolute Gasteiger partial charge is 0.196 e. The summed E-state index contributed by atoms with van der Waals surface area (Å²) in [6, 6.07) is 1.82. The van der Waals surface area contributed by atoms with E-state index in [1.54, 1.807) is 12.4 Å². The molecule has 0 amide bonds. The molecule has 18 heavy (non-hydrogen) atoms. The average molecular weight is 243 g/mol. The van der Waals surface area contributed by atoms with Gasteiger partial charge in [0.2, 0.25) is 0 Å². The molecule has 5 rings (SSSR count). The molecule has 3 aliphatic carbocycles. The Hall–Kier alpha value is -1.49. The second kappa shape index (κ2) is 3.75. The van der Waals surface area contributed by atoms with Gasteiger partial charge in [0.25, 0.3) is 0 Å². The zero-order valence-electron chi connectivity index (χ0n) is 10.3. The molecule has 5 nitrogen and oxygen atoms in total. The molecule has 2 bridgehead atoms. The third-order valence-electron chi connectivity index (χ3n) is 4.61. The second-order valence-electron chi connectivity index (χ2n) is 5.63. The van der Waals surface area contributed by atoms with Crippen molar-refractivity contribution in [2.75, 3.05) is 0 Å². The Morgan fingerprint density at radius 1 is 1.11 bits per heavy atom. The molecule has 3 saturated carbocycles. The molecule has 4 aliphatic rings. The van der Waals surface area contributed by atoms with E-state index in [0.717, 1.165) is 18.2 Å². The predicted molar refractivity (Wildman–Crippen MR) is 67.6 cm³/mol. The molecule has 5 heteroatoms. The molecule has 0 aromatic carbocycles. The molecule has 0 saturated heterocycles. The summed E-state index contributed by atoms with van der Waals surface area (Å²) in [5, 5.41) is 0. The molecule has 1 aromatic heterocycles. The Kier molecular flexibility index (Phi) is 2.17. The zero-order chi connectivity index (χ0) is 12.0. The van der Waals surface area contributed by atoms with E-state index < -0.39 is 0 Å². The lowest BCUT2D eigenvalue weighted by molar-refractivity contribution is 0.0506. The summed E-state index contributed by atoms with van der Waals surface area (Å²) in [5.74, 6) is 2.98. The van der Waals surface area contributed by atoms with Gasteiger partial charge in [-0.2, -0.15) is 0 Å². The van der Waals surface area contributed by atoms with E-state index in [1.807, 2.05) is 6.07 Å². The van der Waals surface area contributed by atoms with Crippen LogP contribution < -0.4 is 10.9 Å². The maximum Gasteiger partial charge on any atom is 0.196 e. The summed E-state index contributed by atoms with van der Waals surface area (Å²) in [5.41, 5.74) is 6.52. The van der Waals surface area contributed by atoms with Gasteiger partial charge in [-0.15, -0.1) is 0 Å². The summed E-state index contributed by atoms with van der Waals surface area (Å²) in [4.78, 5) is 13.4. The van der Waals surface area contributed by atoms with E-state index in [9.17, 15) is 0 Å². The van der Waals surface area contributed by atoms with Gasteiger partial charge < -0.3 is 5.43 Å². The summed E-state index contributed by atoms with van der Waals surface area (Å²) in [6.07, 6.45) is 10.0. The first kappa shape index (κ1) is 10.4. The normalized spacial score (nSPS) is 37.7. The van der Waals surface area contributed by atoms with Gasteiger partial charge in [0.1, 0.15) is 5.66 Å². The number of nitrogens with one attached hydrogen (secondary N) is 2. The minimum atomic E-state index is -0.0876. The van der Waals surface area contributed by atoms with Crippen molar-refractivity contribution in [1.29, 1.82) is 0 Å². The van der Waals surface area contributed by atoms with Crippen LogP contribution in [0.15, 0.2) is 23.5 Å².